The molecule has 0 unspecified atom stereocenters. The highest BCUT2D eigenvalue weighted by Crippen LogP contribution is 2.42. The molecule has 3 aliphatic rings. The van der Waals surface area contributed by atoms with E-state index in [4.69, 9.17) is 0 Å². The molecule has 0 radical (unpaired) electrons. The van der Waals surface area contributed by atoms with E-state index in [2.05, 4.69) is 34.3 Å². The molecule has 19 heavy (non-hydrogen) atoms. The predicted octanol–water partition coefficient (Wildman–Crippen LogP) is 1.43. The highest BCUT2D eigenvalue weighted by atomic mass is 15.2. The molecule has 3 nitrogen and oxygen atoms in total. The Bertz CT molecular complexity index is 315. The second-order valence-electron chi connectivity index (χ2n) is 6.74. The molecule has 0 aromatic rings. The standard InChI is InChI=1S/C16H29N3/c1-18-6-2-7-19(10-9-18)8-5-17-13-16-12-14-3-4-15(16)11-14/h3-4,14-17H,2,5-13H2,1H3/t14-,15-,16+/m0/s1. The van der Waals surface area contributed by atoms with Gasteiger partial charge < -0.3 is 15.1 Å². The number of nitrogens with zero attached hydrogens (tertiary/aromatic N) is 2. The Kier molecular flexibility index (Phi) is 4.57. The summed E-state index contributed by atoms with van der Waals surface area (Å²) in [5.74, 6) is 2.73. The average Bonchev–Trinajstić information content (AvgIpc) is 2.96. The van der Waals surface area contributed by atoms with Crippen LogP contribution in [0.1, 0.15) is 19.3 Å². The molecule has 108 valence electrons. The van der Waals surface area contributed by atoms with Gasteiger partial charge in [0, 0.05) is 26.2 Å². The summed E-state index contributed by atoms with van der Waals surface area (Å²) in [5, 5.41) is 3.70. The summed E-state index contributed by atoms with van der Waals surface area (Å²) in [6.45, 7) is 8.65. The average molecular weight is 263 g/mol. The van der Waals surface area contributed by atoms with Crippen molar-refractivity contribution in [2.75, 3.05) is 52.9 Å². The van der Waals surface area contributed by atoms with Gasteiger partial charge in [0.1, 0.15) is 0 Å². The van der Waals surface area contributed by atoms with E-state index in [1.165, 1.54) is 65.1 Å². The van der Waals surface area contributed by atoms with Crippen LogP contribution in [-0.2, 0) is 0 Å². The number of rotatable bonds is 5. The van der Waals surface area contributed by atoms with Gasteiger partial charge in [0.25, 0.3) is 0 Å². The fraction of sp³-hybridized carbons (Fsp3) is 0.875. The molecule has 1 N–H and O–H groups in total. The first-order valence-corrected chi connectivity index (χ1v) is 8.11. The zero-order valence-electron chi connectivity index (χ0n) is 12.4. The van der Waals surface area contributed by atoms with Crippen LogP contribution in [0.2, 0.25) is 0 Å². The molecule has 0 spiro atoms. The first-order valence-electron chi connectivity index (χ1n) is 8.11. The molecule has 0 aromatic heterocycles. The van der Waals surface area contributed by atoms with Crippen LogP contribution in [0, 0.1) is 17.8 Å². The predicted molar refractivity (Wildman–Crippen MR) is 80.3 cm³/mol. The van der Waals surface area contributed by atoms with E-state index in [0.29, 0.717) is 0 Å². The molecule has 0 aromatic carbocycles. The van der Waals surface area contributed by atoms with Gasteiger partial charge in [-0.25, -0.2) is 0 Å². The summed E-state index contributed by atoms with van der Waals surface area (Å²) >= 11 is 0. The van der Waals surface area contributed by atoms with Gasteiger partial charge in [-0.2, -0.15) is 0 Å². The van der Waals surface area contributed by atoms with Gasteiger partial charge in [0.15, 0.2) is 0 Å². The summed E-state index contributed by atoms with van der Waals surface area (Å²) < 4.78 is 0. The van der Waals surface area contributed by atoms with E-state index in [-0.39, 0.29) is 0 Å². The van der Waals surface area contributed by atoms with Gasteiger partial charge >= 0.3 is 0 Å². The zero-order chi connectivity index (χ0) is 13.1. The SMILES string of the molecule is CN1CCCN(CCNC[C@H]2C[C@H]3C=C[C@H]2C3)CC1. The second-order valence-corrected chi connectivity index (χ2v) is 6.74. The van der Waals surface area contributed by atoms with E-state index in [9.17, 15) is 0 Å². The monoisotopic (exact) mass is 263 g/mol. The molecule has 0 amide bonds. The van der Waals surface area contributed by atoms with Crippen molar-refractivity contribution < 1.29 is 0 Å². The van der Waals surface area contributed by atoms with Crippen molar-refractivity contribution >= 4 is 0 Å². The molecule has 1 saturated carbocycles. The lowest BCUT2D eigenvalue weighted by molar-refractivity contribution is 0.272. The Morgan fingerprint density at radius 3 is 2.84 bits per heavy atom. The Balaban J connectivity index is 1.29. The molecule has 3 rings (SSSR count). The Morgan fingerprint density at radius 1 is 1.11 bits per heavy atom. The highest BCUT2D eigenvalue weighted by molar-refractivity contribution is 5.10. The molecule has 3 atom stereocenters. The molecule has 3 heteroatoms. The number of allylic oxidation sites excluding steroid dienone is 2. The van der Waals surface area contributed by atoms with Crippen LogP contribution in [0.4, 0.5) is 0 Å². The lowest BCUT2D eigenvalue weighted by Crippen LogP contribution is -2.36. The van der Waals surface area contributed by atoms with Crippen LogP contribution >= 0.6 is 0 Å². The van der Waals surface area contributed by atoms with Gasteiger partial charge in [0.2, 0.25) is 0 Å². The maximum absolute atomic E-state index is 3.70. The quantitative estimate of drug-likeness (QED) is 0.598. The van der Waals surface area contributed by atoms with Crippen LogP contribution < -0.4 is 5.32 Å². The second kappa shape index (κ2) is 6.38. The molecule has 1 saturated heterocycles. The van der Waals surface area contributed by atoms with E-state index in [0.717, 1.165) is 17.8 Å². The van der Waals surface area contributed by atoms with Crippen molar-refractivity contribution in [1.82, 2.24) is 15.1 Å². The van der Waals surface area contributed by atoms with Gasteiger partial charge in [-0.15, -0.1) is 0 Å². The van der Waals surface area contributed by atoms with Crippen molar-refractivity contribution in [3.8, 4) is 0 Å². The molecular formula is C16H29N3. The third kappa shape index (κ3) is 3.59. The number of fused-ring (bicyclic) bond motifs is 2. The minimum Gasteiger partial charge on any atom is -0.315 e. The number of hydrogen-bond acceptors (Lipinski definition) is 3. The third-order valence-corrected chi connectivity index (χ3v) is 5.24. The first kappa shape index (κ1) is 13.6. The largest absolute Gasteiger partial charge is 0.315 e. The maximum atomic E-state index is 3.70. The van der Waals surface area contributed by atoms with Crippen molar-refractivity contribution in [1.29, 1.82) is 0 Å². The smallest absolute Gasteiger partial charge is 0.0110 e. The molecule has 2 bridgehead atoms. The van der Waals surface area contributed by atoms with Crippen molar-refractivity contribution in [3.63, 3.8) is 0 Å². The minimum absolute atomic E-state index is 0.893. The number of hydrogen-bond donors (Lipinski definition) is 1. The minimum atomic E-state index is 0.893. The summed E-state index contributed by atoms with van der Waals surface area (Å²) in [6.07, 6.45) is 9.10. The van der Waals surface area contributed by atoms with E-state index in [1.807, 2.05) is 0 Å². The Hall–Kier alpha value is -0.380. The normalized spacial score (nSPS) is 35.9. The molecule has 1 heterocycles. The lowest BCUT2D eigenvalue weighted by atomic mass is 9.94. The van der Waals surface area contributed by atoms with E-state index < -0.39 is 0 Å². The van der Waals surface area contributed by atoms with Crippen LogP contribution in [0.25, 0.3) is 0 Å². The zero-order valence-corrected chi connectivity index (χ0v) is 12.4. The van der Waals surface area contributed by atoms with Crippen LogP contribution in [0.5, 0.6) is 0 Å². The summed E-state index contributed by atoms with van der Waals surface area (Å²) in [5.41, 5.74) is 0. The summed E-state index contributed by atoms with van der Waals surface area (Å²) in [4.78, 5) is 5.08. The van der Waals surface area contributed by atoms with E-state index in [1.54, 1.807) is 0 Å². The van der Waals surface area contributed by atoms with Crippen molar-refractivity contribution in [2.24, 2.45) is 17.8 Å². The Morgan fingerprint density at radius 2 is 2.05 bits per heavy atom. The lowest BCUT2D eigenvalue weighted by Gasteiger charge is -2.22. The fourth-order valence-electron chi connectivity index (χ4n) is 3.98. The van der Waals surface area contributed by atoms with Crippen LogP contribution in [0.15, 0.2) is 12.2 Å². The number of likely N-dealkylation sites (N-methyl/N-ethyl adjacent to an activating group) is 1. The van der Waals surface area contributed by atoms with E-state index >= 15 is 0 Å². The van der Waals surface area contributed by atoms with Gasteiger partial charge in [-0.05, 0) is 63.7 Å². The molecule has 1 aliphatic heterocycles. The Labute approximate surface area is 118 Å². The first-order chi connectivity index (χ1) is 9.31. The van der Waals surface area contributed by atoms with Gasteiger partial charge in [-0.3, -0.25) is 0 Å². The van der Waals surface area contributed by atoms with Crippen LogP contribution in [0.3, 0.4) is 0 Å². The van der Waals surface area contributed by atoms with Crippen molar-refractivity contribution in [2.45, 2.75) is 19.3 Å². The topological polar surface area (TPSA) is 18.5 Å². The van der Waals surface area contributed by atoms with Crippen LogP contribution in [-0.4, -0.2) is 62.7 Å². The highest BCUT2D eigenvalue weighted by Gasteiger charge is 2.34. The van der Waals surface area contributed by atoms with Gasteiger partial charge in [0.05, 0.1) is 0 Å². The van der Waals surface area contributed by atoms with Crippen molar-refractivity contribution in [3.05, 3.63) is 12.2 Å². The summed E-state index contributed by atoms with van der Waals surface area (Å²) in [7, 11) is 2.24. The van der Waals surface area contributed by atoms with Gasteiger partial charge in [-0.1, -0.05) is 12.2 Å². The molecule has 2 aliphatic carbocycles. The maximum Gasteiger partial charge on any atom is 0.0110 e. The molecular weight excluding hydrogens is 234 g/mol. The fourth-order valence-corrected chi connectivity index (χ4v) is 3.98. The molecule has 2 fully saturated rings. The third-order valence-electron chi connectivity index (χ3n) is 5.24. The summed E-state index contributed by atoms with van der Waals surface area (Å²) in [6, 6.07) is 0. The number of nitrogens with one attached hydrogen (secondary N) is 1.